The highest BCUT2D eigenvalue weighted by atomic mass is 32.2. The van der Waals surface area contributed by atoms with Crippen molar-refractivity contribution < 1.29 is 59.8 Å². The molecular formula is C70H114N18O16P4S2. The number of hydrogen-bond donors (Lipinski definition) is 13. The number of rotatable bonds is 27. The maximum absolute atomic E-state index is 12.4. The maximum atomic E-state index is 12.4. The van der Waals surface area contributed by atoms with Crippen LogP contribution >= 0.6 is 51.1 Å². The highest BCUT2D eigenvalue weighted by Crippen LogP contribution is 2.45. The van der Waals surface area contributed by atoms with Crippen LogP contribution < -0.4 is 32.5 Å². The lowest BCUT2D eigenvalue weighted by molar-refractivity contribution is -0.0400. The van der Waals surface area contributed by atoms with E-state index in [2.05, 4.69) is 157 Å². The molecule has 110 heavy (non-hydrogen) atoms. The first-order valence-corrected chi connectivity index (χ1v) is 51.0. The van der Waals surface area contributed by atoms with Gasteiger partial charge in [-0.05, 0) is 130 Å². The van der Waals surface area contributed by atoms with Gasteiger partial charge in [-0.3, -0.25) is 47.4 Å². The smallest absolute Gasteiger partial charge is 0.280 e. The molecule has 34 nitrogen and oxygen atoms in total. The average molecular weight is 1650 g/mol. The molecule has 4 saturated heterocycles. The van der Waals surface area contributed by atoms with E-state index in [0.29, 0.717) is 70.5 Å². The molecule has 0 aliphatic carbocycles. The quantitative estimate of drug-likeness (QED) is 0.0194. The lowest BCUT2D eigenvalue weighted by Crippen LogP contribution is -2.32. The molecule has 4 fully saturated rings. The molecule has 40 heteroatoms. The molecule has 13 N–H and O–H groups in total. The van der Waals surface area contributed by atoms with Crippen LogP contribution in [0.5, 0.6) is 0 Å². The van der Waals surface area contributed by atoms with Gasteiger partial charge in [-0.1, -0.05) is 56.6 Å². The van der Waals surface area contributed by atoms with Crippen molar-refractivity contribution in [2.75, 3.05) is 121 Å². The lowest BCUT2D eigenvalue weighted by atomic mass is 10.1. The third-order valence-corrected chi connectivity index (χ3v) is 26.9. The van der Waals surface area contributed by atoms with Gasteiger partial charge in [0.25, 0.3) is 22.2 Å². The van der Waals surface area contributed by atoms with Crippen LogP contribution in [0.2, 0.25) is 0 Å². The SMILES string of the molecule is C=P(C)(C)CC[C@H]1O[C@@H](n2c(SCCCC)nc3c(=O)[nH]c(C)nc32)[C@H](O)[C@@H]1O.C=P(C)(C)CC[C@H]1O[C@@H](n2c(SCCCCC)nc3c(=O)[nH]c(C)nc32)[C@H](O)[C@@H]1O.C=P(C)(C)CC[C@H]1O[C@@H](n2cnc3c(=O)[nH]c(N(C)C)nc32)[C@H](O)[C@@H]1O.C=P(C)(C)CC[C@H]1O[C@@H](n2cnc3c(=O)[nH]c(NC)nc32)[C@H](O)[C@@H]1O. The Morgan fingerprint density at radius 1 is 0.455 bits per heavy atom. The predicted octanol–water partition coefficient (Wildman–Crippen LogP) is 4.25. The fraction of sp³-hybridized carbons (Fsp3) is 0.657. The van der Waals surface area contributed by atoms with E-state index in [-0.39, 0.29) is 55.9 Å². The largest absolute Gasteiger partial charge is 0.388 e. The van der Waals surface area contributed by atoms with E-state index in [9.17, 15) is 60.0 Å². The molecule has 16 atom stereocenters. The molecule has 4 aliphatic rings. The standard InChI is InChI=1S/C20H33N4O4PS.C19H31N4O4PS.C16H26N5O4P.C15H24N5O4P/c1-6-7-8-11-30-20-23-14-17(21-12(2)22-18(14)27)24(20)19-16(26)15(25)13(28-19)9-10-29(3,4)5;1-6-7-10-29-19-22-13-16(20-11(2)21-17(13)26)23(19)18-15(25)14(24)12(27-18)8-9-28(3,4)5;1-20(2)16-18-13-10(14(24)19-16)17-8-21(13)15-12(23)11(22)9(25-15)6-7-26(3,4)5;1-16-15-18-12-9(13(23)19-15)17-7-20(12)14-11(22)10(21)8(24-14)5-6-25(2,3)4/h13,15-16,19,25-26H,3,6-11H2,1-2,4-5H3,(H,21,22,27);12,14-15,18,24-25H,3,6-10H2,1-2,4-5H3,(H,20,21,26);8-9,11-12,15,22-23H,3,6-7H2,1-2,4-5H3,(H,18,19,24);7-8,10-11,14,21-22H,2,5-6H2,1,3-4H3,(H2,16,18,19,23)/t13-,15-,16-,19-;12-,14-,15-,18-;9-,11-,12-,15-;8-,10-,11-,14-/m1111/s1. The van der Waals surface area contributed by atoms with Crippen molar-refractivity contribution in [3.63, 3.8) is 0 Å². The Bertz CT molecular complexity index is 4940. The van der Waals surface area contributed by atoms with Gasteiger partial charge in [-0.2, -0.15) is 9.97 Å². The summed E-state index contributed by atoms with van der Waals surface area (Å²) in [5, 5.41) is 88.3. The summed E-state index contributed by atoms with van der Waals surface area (Å²) in [6.45, 7) is 19.6. The van der Waals surface area contributed by atoms with Crippen molar-refractivity contribution in [2.45, 2.75) is 194 Å². The van der Waals surface area contributed by atoms with E-state index in [4.69, 9.17) is 18.9 Å². The highest BCUT2D eigenvalue weighted by molar-refractivity contribution is 7.99. The van der Waals surface area contributed by atoms with E-state index in [0.717, 1.165) is 68.3 Å². The van der Waals surface area contributed by atoms with E-state index >= 15 is 0 Å². The van der Waals surface area contributed by atoms with Crippen LogP contribution in [0.25, 0.3) is 44.7 Å². The van der Waals surface area contributed by atoms with E-state index in [1.54, 1.807) is 49.0 Å². The second-order valence-electron chi connectivity index (χ2n) is 31.5. The number of aliphatic hydroxyl groups excluding tert-OH is 8. The first kappa shape index (κ1) is 88.4. The zero-order valence-corrected chi connectivity index (χ0v) is 70.8. The molecule has 0 radical (unpaired) electrons. The molecule has 0 saturated carbocycles. The van der Waals surface area contributed by atoms with Crippen molar-refractivity contribution in [1.82, 2.24) is 78.1 Å². The zero-order chi connectivity index (χ0) is 81.0. The summed E-state index contributed by atoms with van der Waals surface area (Å²) in [5.41, 5.74) is 0.679. The van der Waals surface area contributed by atoms with Crippen molar-refractivity contribution in [3.05, 3.63) is 65.7 Å². The Labute approximate surface area is 647 Å². The molecule has 0 unspecified atom stereocenters. The summed E-state index contributed by atoms with van der Waals surface area (Å²) in [6.07, 6.45) is 16.8. The molecule has 0 aromatic carbocycles. The van der Waals surface area contributed by atoms with Crippen molar-refractivity contribution >= 4 is 133 Å². The Kier molecular flexibility index (Phi) is 29.7. The van der Waals surface area contributed by atoms with Gasteiger partial charge < -0.3 is 80.0 Å². The van der Waals surface area contributed by atoms with Gasteiger partial charge in [0.15, 0.2) is 79.9 Å². The topological polar surface area (TPSA) is 468 Å². The number of fused-ring (bicyclic) bond motifs is 4. The summed E-state index contributed by atoms with van der Waals surface area (Å²) in [6, 6.07) is 0. The van der Waals surface area contributed by atoms with Crippen LogP contribution in [-0.4, -0.2) is 328 Å². The van der Waals surface area contributed by atoms with Gasteiger partial charge in [0, 0.05) is 32.6 Å². The van der Waals surface area contributed by atoms with E-state index < -0.39 is 126 Å². The van der Waals surface area contributed by atoms with Crippen molar-refractivity contribution in [3.8, 4) is 0 Å². The monoisotopic (exact) mass is 1650 g/mol. The van der Waals surface area contributed by atoms with Gasteiger partial charge >= 0.3 is 0 Å². The summed E-state index contributed by atoms with van der Waals surface area (Å²) >= 11 is 3.02. The minimum atomic E-state index is -1.28. The first-order valence-electron chi connectivity index (χ1n) is 36.8. The number of H-pyrrole nitrogens is 4. The van der Waals surface area contributed by atoms with Crippen LogP contribution in [-0.2, 0) is 18.9 Å². The molecule has 612 valence electrons. The minimum Gasteiger partial charge on any atom is -0.388 e. The number of aromatic nitrogens is 16. The van der Waals surface area contributed by atoms with Gasteiger partial charge in [-0.15, -0.1) is 52.7 Å². The number of ether oxygens (including phenoxy) is 4. The number of aryl methyl sites for hydroxylation is 2. The number of hydrogen-bond acceptors (Lipinski definition) is 28. The van der Waals surface area contributed by atoms with E-state index in [1.807, 2.05) is 0 Å². The second-order valence-corrected chi connectivity index (χ2v) is 50.9. The Morgan fingerprint density at radius 3 is 1.15 bits per heavy atom. The number of aliphatic hydroxyl groups is 8. The molecule has 12 heterocycles. The average Bonchev–Trinajstić information content (AvgIpc) is 1.62. The number of nitrogens with one attached hydrogen (secondary N) is 5. The van der Waals surface area contributed by atoms with Crippen LogP contribution in [0.3, 0.4) is 0 Å². The summed E-state index contributed by atoms with van der Waals surface area (Å²) in [4.78, 5) is 96.1. The first-order chi connectivity index (χ1) is 51.5. The normalized spacial score (nSPS) is 25.8. The Balaban J connectivity index is 0.000000169. The van der Waals surface area contributed by atoms with Crippen LogP contribution in [0.1, 0.15) is 108 Å². The fourth-order valence-corrected chi connectivity index (χ4v) is 18.8. The van der Waals surface area contributed by atoms with Crippen molar-refractivity contribution in [1.29, 1.82) is 0 Å². The maximum Gasteiger partial charge on any atom is 0.280 e. The van der Waals surface area contributed by atoms with Crippen LogP contribution in [0, 0.1) is 13.8 Å². The molecule has 0 amide bonds. The van der Waals surface area contributed by atoms with Crippen molar-refractivity contribution in [2.24, 2.45) is 0 Å². The number of aromatic amines is 4. The Hall–Kier alpha value is -5.58. The molecule has 12 rings (SSSR count). The summed E-state index contributed by atoms with van der Waals surface area (Å²) in [5.74, 6) is 3.24. The second kappa shape index (κ2) is 36.9. The zero-order valence-electron chi connectivity index (χ0n) is 65.6. The lowest BCUT2D eigenvalue weighted by Gasteiger charge is -2.20. The minimum absolute atomic E-state index is 0.151. The van der Waals surface area contributed by atoms with E-state index in [1.165, 1.54) is 45.3 Å². The highest BCUT2D eigenvalue weighted by Gasteiger charge is 2.49. The third kappa shape index (κ3) is 21.5. The predicted molar refractivity (Wildman–Crippen MR) is 447 cm³/mol. The summed E-state index contributed by atoms with van der Waals surface area (Å²) < 4.78 is 30.4. The molecule has 4 aliphatic heterocycles. The van der Waals surface area contributed by atoms with Crippen LogP contribution in [0.4, 0.5) is 11.9 Å². The number of imidazole rings is 4. The van der Waals surface area contributed by atoms with Crippen LogP contribution in [0.15, 0.2) is 42.1 Å². The fourth-order valence-electron chi connectivity index (χ4n) is 12.8. The van der Waals surface area contributed by atoms with Gasteiger partial charge in [0.1, 0.15) is 60.5 Å². The van der Waals surface area contributed by atoms with Gasteiger partial charge in [-0.25, -0.2) is 29.9 Å². The molecule has 0 spiro atoms. The molecule has 8 aromatic rings. The number of anilines is 2. The summed E-state index contributed by atoms with van der Waals surface area (Å²) in [7, 11) is 5.15. The number of nitrogens with zero attached hydrogens (tertiary/aromatic N) is 13. The molecule has 0 bridgehead atoms. The number of unbranched alkanes of at least 4 members (excludes halogenated alkanes) is 3. The third-order valence-electron chi connectivity index (χ3n) is 19.0. The van der Waals surface area contributed by atoms with Gasteiger partial charge in [0.2, 0.25) is 11.9 Å². The Morgan fingerprint density at radius 2 is 0.791 bits per heavy atom. The number of thioether (sulfide) groups is 2. The molecular weight excluding hydrogens is 1540 g/mol. The van der Waals surface area contributed by atoms with Gasteiger partial charge in [0.05, 0.1) is 37.1 Å². The molecule has 8 aromatic heterocycles.